The Balaban J connectivity index is 1.92. The Morgan fingerprint density at radius 2 is 2.13 bits per heavy atom. The molecule has 0 unspecified atom stereocenters. The second kappa shape index (κ2) is 8.62. The fraction of sp³-hybridized carbons (Fsp3) is 0.400. The lowest BCUT2D eigenvalue weighted by Crippen LogP contribution is -2.38. The molecule has 5 N–H and O–H groups in total. The highest BCUT2D eigenvalue weighted by Gasteiger charge is 2.32. The normalized spacial score (nSPS) is 18.2. The van der Waals surface area contributed by atoms with Gasteiger partial charge in [0.15, 0.2) is 5.82 Å². The third-order valence-corrected chi connectivity index (χ3v) is 4.32. The summed E-state index contributed by atoms with van der Waals surface area (Å²) in [5.41, 5.74) is 7.93. The Bertz CT molecular complexity index is 977. The lowest BCUT2D eigenvalue weighted by Gasteiger charge is -2.31. The maximum atomic E-state index is 12.6. The van der Waals surface area contributed by atoms with Gasteiger partial charge in [0.05, 0.1) is 23.3 Å². The van der Waals surface area contributed by atoms with E-state index in [4.69, 9.17) is 20.6 Å². The molecule has 0 atom stereocenters. The molecule has 0 spiro atoms. The smallest absolute Gasteiger partial charge is 0.284 e. The van der Waals surface area contributed by atoms with Crippen molar-refractivity contribution in [3.63, 3.8) is 0 Å². The molecule has 1 aliphatic carbocycles. The van der Waals surface area contributed by atoms with E-state index in [-0.39, 0.29) is 35.8 Å². The maximum absolute atomic E-state index is 12.6. The van der Waals surface area contributed by atoms with Crippen molar-refractivity contribution < 1.29 is 24.6 Å². The molecule has 0 bridgehead atoms. The molecule has 0 aliphatic heterocycles. The number of nitrogens with zero attached hydrogens (tertiary/aromatic N) is 3. The Morgan fingerprint density at radius 3 is 2.77 bits per heavy atom. The topological polar surface area (TPSA) is 164 Å². The van der Waals surface area contributed by atoms with Crippen molar-refractivity contribution in [2.75, 3.05) is 12.3 Å². The summed E-state index contributed by atoms with van der Waals surface area (Å²) >= 11 is 0. The molecule has 1 aromatic carbocycles. The van der Waals surface area contributed by atoms with Crippen LogP contribution in [-0.2, 0) is 4.84 Å². The molecule has 0 saturated heterocycles. The zero-order chi connectivity index (χ0) is 21.9. The second-order valence-corrected chi connectivity index (χ2v) is 7.70. The predicted molar refractivity (Wildman–Crippen MR) is 106 cm³/mol. The lowest BCUT2D eigenvalue weighted by atomic mass is 9.92. The van der Waals surface area contributed by atoms with Gasteiger partial charge >= 0.3 is 0 Å². The standard InChI is InChI=1S/C20H23N5O5/c1-20(2,28)10-29-25-18(27)15-16(22)23-17(12-5-3-4-11(6-12)9-21)24-19(15)30-14-7-13(26)8-14/h3-6,13-14,26,28H,7-8,10H2,1-2H3,(H,25,27)(H2,22,23,24)/t13-,14-. The number of aliphatic hydroxyl groups excluding tert-OH is 1. The number of nitrogen functional groups attached to an aromatic ring is 1. The van der Waals surface area contributed by atoms with Gasteiger partial charge in [0.25, 0.3) is 5.91 Å². The van der Waals surface area contributed by atoms with Crippen molar-refractivity contribution in [1.29, 1.82) is 5.26 Å². The van der Waals surface area contributed by atoms with Gasteiger partial charge in [-0.15, -0.1) is 0 Å². The molecular formula is C20H23N5O5. The van der Waals surface area contributed by atoms with E-state index in [0.717, 1.165) is 0 Å². The van der Waals surface area contributed by atoms with Gasteiger partial charge in [0.1, 0.15) is 24.1 Å². The number of hydrogen-bond donors (Lipinski definition) is 4. The van der Waals surface area contributed by atoms with E-state index >= 15 is 0 Å². The largest absolute Gasteiger partial charge is 0.473 e. The van der Waals surface area contributed by atoms with E-state index in [1.807, 2.05) is 6.07 Å². The van der Waals surface area contributed by atoms with Crippen molar-refractivity contribution in [3.05, 3.63) is 35.4 Å². The molecule has 2 aromatic rings. The third kappa shape index (κ3) is 5.21. The molecule has 1 amide bonds. The molecule has 1 aliphatic rings. The van der Waals surface area contributed by atoms with Crippen molar-refractivity contribution in [2.24, 2.45) is 0 Å². The van der Waals surface area contributed by atoms with Crippen LogP contribution >= 0.6 is 0 Å². The summed E-state index contributed by atoms with van der Waals surface area (Å²) in [5.74, 6) is -0.736. The summed E-state index contributed by atoms with van der Waals surface area (Å²) in [7, 11) is 0. The van der Waals surface area contributed by atoms with Crippen LogP contribution in [0.4, 0.5) is 5.82 Å². The molecule has 158 valence electrons. The zero-order valence-corrected chi connectivity index (χ0v) is 16.6. The van der Waals surface area contributed by atoms with E-state index < -0.39 is 17.6 Å². The quantitative estimate of drug-likeness (QED) is 0.483. The monoisotopic (exact) mass is 413 g/mol. The Morgan fingerprint density at radius 1 is 1.40 bits per heavy atom. The van der Waals surface area contributed by atoms with Crippen LogP contribution in [-0.4, -0.2) is 50.5 Å². The van der Waals surface area contributed by atoms with Gasteiger partial charge in [-0.25, -0.2) is 10.5 Å². The summed E-state index contributed by atoms with van der Waals surface area (Å²) in [6.45, 7) is 2.90. The highest BCUT2D eigenvalue weighted by atomic mass is 16.7. The number of hydroxylamine groups is 1. The number of ether oxygens (including phenoxy) is 1. The fourth-order valence-electron chi connectivity index (χ4n) is 2.73. The first-order valence-electron chi connectivity index (χ1n) is 9.33. The van der Waals surface area contributed by atoms with Gasteiger partial charge in [0.2, 0.25) is 5.88 Å². The van der Waals surface area contributed by atoms with Crippen LogP contribution in [0.2, 0.25) is 0 Å². The van der Waals surface area contributed by atoms with Crippen molar-refractivity contribution in [3.8, 4) is 23.3 Å². The van der Waals surface area contributed by atoms with Gasteiger partial charge in [-0.2, -0.15) is 10.2 Å². The number of aliphatic hydroxyl groups is 2. The van der Waals surface area contributed by atoms with E-state index in [1.165, 1.54) is 13.8 Å². The number of aromatic nitrogens is 2. The van der Waals surface area contributed by atoms with Gasteiger partial charge < -0.3 is 20.7 Å². The Hall–Kier alpha value is -3.26. The summed E-state index contributed by atoms with van der Waals surface area (Å²) < 4.78 is 5.80. The first-order valence-corrected chi connectivity index (χ1v) is 9.33. The lowest BCUT2D eigenvalue weighted by molar-refractivity contribution is -0.0524. The van der Waals surface area contributed by atoms with Gasteiger partial charge in [-0.3, -0.25) is 9.63 Å². The summed E-state index contributed by atoms with van der Waals surface area (Å²) in [4.78, 5) is 26.2. The molecule has 1 fully saturated rings. The summed E-state index contributed by atoms with van der Waals surface area (Å²) in [6.07, 6.45) is 0.0172. The van der Waals surface area contributed by atoms with Crippen LogP contribution in [0.5, 0.6) is 5.88 Å². The maximum Gasteiger partial charge on any atom is 0.284 e. The molecular weight excluding hydrogens is 390 g/mol. The van der Waals surface area contributed by atoms with Crippen LogP contribution in [0.3, 0.4) is 0 Å². The average Bonchev–Trinajstić information content (AvgIpc) is 2.65. The number of rotatable bonds is 7. The Kier molecular flexibility index (Phi) is 6.17. The van der Waals surface area contributed by atoms with E-state index in [9.17, 15) is 15.0 Å². The molecule has 10 nitrogen and oxygen atoms in total. The van der Waals surface area contributed by atoms with Crippen LogP contribution in [0, 0.1) is 11.3 Å². The van der Waals surface area contributed by atoms with E-state index in [0.29, 0.717) is 24.0 Å². The minimum absolute atomic E-state index is 0.0545. The molecule has 30 heavy (non-hydrogen) atoms. The first kappa shape index (κ1) is 21.4. The van der Waals surface area contributed by atoms with Crippen LogP contribution in [0.25, 0.3) is 11.4 Å². The molecule has 10 heteroatoms. The zero-order valence-electron chi connectivity index (χ0n) is 16.6. The van der Waals surface area contributed by atoms with Crippen molar-refractivity contribution in [1.82, 2.24) is 15.4 Å². The number of amides is 1. The molecule has 0 radical (unpaired) electrons. The van der Waals surface area contributed by atoms with Crippen molar-refractivity contribution >= 4 is 11.7 Å². The van der Waals surface area contributed by atoms with Crippen molar-refractivity contribution in [2.45, 2.75) is 44.5 Å². The Labute approximate surface area is 173 Å². The molecule has 3 rings (SSSR count). The predicted octanol–water partition coefficient (Wildman–Crippen LogP) is 0.932. The number of carbonyl (C=O) groups is 1. The number of hydrogen-bond acceptors (Lipinski definition) is 9. The third-order valence-electron chi connectivity index (χ3n) is 4.32. The molecule has 1 heterocycles. The minimum atomic E-state index is -1.15. The molecule has 1 saturated carbocycles. The summed E-state index contributed by atoms with van der Waals surface area (Å²) in [5, 5.41) is 28.3. The number of carbonyl (C=O) groups excluding carboxylic acids is 1. The number of nitriles is 1. The SMILES string of the molecule is CC(C)(O)CONC(=O)c1c(N)nc(-c2cccc(C#N)c2)nc1O[C@H]1C[C@H](O)C1. The highest BCUT2D eigenvalue weighted by Crippen LogP contribution is 2.31. The van der Waals surface area contributed by atoms with Crippen LogP contribution in [0.15, 0.2) is 24.3 Å². The number of nitrogens with two attached hydrogens (primary N) is 1. The fourth-order valence-corrected chi connectivity index (χ4v) is 2.73. The van der Waals surface area contributed by atoms with Crippen LogP contribution < -0.4 is 16.0 Å². The second-order valence-electron chi connectivity index (χ2n) is 7.70. The first-order chi connectivity index (χ1) is 14.2. The number of nitrogens with one attached hydrogen (secondary N) is 1. The van der Waals surface area contributed by atoms with Gasteiger partial charge in [-0.1, -0.05) is 12.1 Å². The highest BCUT2D eigenvalue weighted by molar-refractivity contribution is 6.00. The van der Waals surface area contributed by atoms with Crippen LogP contribution in [0.1, 0.15) is 42.6 Å². The number of anilines is 1. The van der Waals surface area contributed by atoms with Gasteiger partial charge in [0, 0.05) is 18.4 Å². The van der Waals surface area contributed by atoms with E-state index in [1.54, 1.807) is 24.3 Å². The molecule has 1 aromatic heterocycles. The average molecular weight is 413 g/mol. The minimum Gasteiger partial charge on any atom is -0.473 e. The van der Waals surface area contributed by atoms with Gasteiger partial charge in [-0.05, 0) is 26.0 Å². The van der Waals surface area contributed by atoms with E-state index in [2.05, 4.69) is 15.4 Å². The summed E-state index contributed by atoms with van der Waals surface area (Å²) in [6, 6.07) is 8.66. The number of benzene rings is 1.